The van der Waals surface area contributed by atoms with E-state index in [9.17, 15) is 9.18 Å². The Morgan fingerprint density at radius 3 is 2.36 bits per heavy atom. The molecule has 0 fully saturated rings. The van der Waals surface area contributed by atoms with Crippen LogP contribution in [0.25, 0.3) is 22.3 Å². The van der Waals surface area contributed by atoms with Crippen molar-refractivity contribution in [3.05, 3.63) is 77.0 Å². The lowest BCUT2D eigenvalue weighted by atomic mass is 10.0. The molecular weight excluding hydrogens is 321 g/mol. The first-order valence-electron chi connectivity index (χ1n) is 7.93. The summed E-state index contributed by atoms with van der Waals surface area (Å²) in [7, 11) is 1.48. The quantitative estimate of drug-likeness (QED) is 0.710. The van der Waals surface area contributed by atoms with E-state index in [1.807, 2.05) is 37.3 Å². The third-order valence-corrected chi connectivity index (χ3v) is 3.84. The molecule has 1 heterocycles. The Bertz CT molecular complexity index is 935. The summed E-state index contributed by atoms with van der Waals surface area (Å²) in [5, 5.41) is 0. The van der Waals surface area contributed by atoms with Gasteiger partial charge in [-0.25, -0.2) is 4.39 Å². The van der Waals surface area contributed by atoms with Gasteiger partial charge in [0, 0.05) is 17.2 Å². The van der Waals surface area contributed by atoms with E-state index >= 15 is 0 Å². The van der Waals surface area contributed by atoms with Gasteiger partial charge in [0.1, 0.15) is 18.7 Å². The summed E-state index contributed by atoms with van der Waals surface area (Å²) < 4.78 is 21.2. The first kappa shape index (κ1) is 16.8. The van der Waals surface area contributed by atoms with Gasteiger partial charge in [0.05, 0.1) is 24.6 Å². The molecule has 1 aromatic heterocycles. The molecule has 0 radical (unpaired) electrons. The molecule has 128 valence electrons. The van der Waals surface area contributed by atoms with E-state index < -0.39 is 5.82 Å². The summed E-state index contributed by atoms with van der Waals surface area (Å²) in [4.78, 5) is 18.2. The van der Waals surface area contributed by atoms with Gasteiger partial charge < -0.3 is 9.57 Å². The van der Waals surface area contributed by atoms with Crippen LogP contribution >= 0.6 is 0 Å². The molecule has 0 aliphatic rings. The van der Waals surface area contributed by atoms with Crippen LogP contribution in [0.5, 0.6) is 5.75 Å². The summed E-state index contributed by atoms with van der Waals surface area (Å²) >= 11 is 0. The standard InChI is InChI=1S/C20H18FNO3/c1-3-25-15-9-10-16(19(21)11-15)18-13-22(24-2)12-17(20(18)23)14-7-5-4-6-8-14/h4-13H,3H2,1-2H3. The summed E-state index contributed by atoms with van der Waals surface area (Å²) in [5.41, 5.74) is 1.35. The van der Waals surface area contributed by atoms with E-state index in [1.54, 1.807) is 18.3 Å². The molecule has 0 aliphatic heterocycles. The molecule has 0 saturated heterocycles. The fourth-order valence-corrected chi connectivity index (χ4v) is 2.65. The van der Waals surface area contributed by atoms with Crippen LogP contribution in [0.1, 0.15) is 6.92 Å². The first-order chi connectivity index (χ1) is 12.1. The van der Waals surface area contributed by atoms with Crippen molar-refractivity contribution in [2.75, 3.05) is 13.7 Å². The molecule has 0 bridgehead atoms. The number of hydrogen-bond acceptors (Lipinski definition) is 3. The highest BCUT2D eigenvalue weighted by molar-refractivity contribution is 5.72. The van der Waals surface area contributed by atoms with Crippen molar-refractivity contribution in [1.29, 1.82) is 0 Å². The van der Waals surface area contributed by atoms with Crippen LogP contribution in [0, 0.1) is 5.82 Å². The first-order valence-corrected chi connectivity index (χ1v) is 7.93. The van der Waals surface area contributed by atoms with Crippen LogP contribution in [0.15, 0.2) is 65.7 Å². The van der Waals surface area contributed by atoms with Gasteiger partial charge in [0.2, 0.25) is 0 Å². The molecule has 5 heteroatoms. The molecular formula is C20H18FNO3. The van der Waals surface area contributed by atoms with Gasteiger partial charge in [-0.05, 0) is 24.6 Å². The number of pyridine rings is 1. The maximum atomic E-state index is 14.5. The molecule has 0 aliphatic carbocycles. The molecule has 0 N–H and O–H groups in total. The van der Waals surface area contributed by atoms with Gasteiger partial charge in [0.25, 0.3) is 0 Å². The lowest BCUT2D eigenvalue weighted by Crippen LogP contribution is -2.16. The van der Waals surface area contributed by atoms with E-state index in [0.717, 1.165) is 5.56 Å². The highest BCUT2D eigenvalue weighted by Gasteiger charge is 2.15. The molecule has 25 heavy (non-hydrogen) atoms. The van der Waals surface area contributed by atoms with Gasteiger partial charge >= 0.3 is 0 Å². The SMILES string of the molecule is CCOc1ccc(-c2cn(OC)cc(-c3ccccc3)c2=O)c(F)c1. The molecule has 4 nitrogen and oxygen atoms in total. The van der Waals surface area contributed by atoms with Gasteiger partial charge in [0.15, 0.2) is 5.43 Å². The van der Waals surface area contributed by atoms with E-state index in [-0.39, 0.29) is 16.6 Å². The predicted molar refractivity (Wildman–Crippen MR) is 95.2 cm³/mol. The largest absolute Gasteiger partial charge is 0.494 e. The summed E-state index contributed by atoms with van der Waals surface area (Å²) in [6.07, 6.45) is 3.07. The maximum absolute atomic E-state index is 14.5. The fraction of sp³-hybridized carbons (Fsp3) is 0.150. The van der Waals surface area contributed by atoms with E-state index in [0.29, 0.717) is 17.9 Å². The number of halogens is 1. The minimum Gasteiger partial charge on any atom is -0.494 e. The van der Waals surface area contributed by atoms with Crippen LogP contribution in [-0.4, -0.2) is 18.4 Å². The molecule has 0 atom stereocenters. The Morgan fingerprint density at radius 1 is 1.00 bits per heavy atom. The average molecular weight is 339 g/mol. The van der Waals surface area contributed by atoms with Crippen molar-refractivity contribution in [2.45, 2.75) is 6.92 Å². The Labute approximate surface area is 145 Å². The monoisotopic (exact) mass is 339 g/mol. The van der Waals surface area contributed by atoms with Gasteiger partial charge in [-0.1, -0.05) is 30.3 Å². The normalized spacial score (nSPS) is 10.5. The predicted octanol–water partition coefficient (Wildman–Crippen LogP) is 3.78. The fourth-order valence-electron chi connectivity index (χ4n) is 2.65. The second-order valence-electron chi connectivity index (χ2n) is 5.40. The lowest BCUT2D eigenvalue weighted by molar-refractivity contribution is 0.166. The Balaban J connectivity index is 2.18. The summed E-state index contributed by atoms with van der Waals surface area (Å²) in [5.74, 6) is -0.0917. The van der Waals surface area contributed by atoms with Crippen LogP contribution in [-0.2, 0) is 0 Å². The third-order valence-electron chi connectivity index (χ3n) is 3.84. The van der Waals surface area contributed by atoms with E-state index in [4.69, 9.17) is 9.57 Å². The second kappa shape index (κ2) is 7.21. The zero-order valence-corrected chi connectivity index (χ0v) is 14.0. The minimum atomic E-state index is -0.518. The van der Waals surface area contributed by atoms with Gasteiger partial charge in [-0.3, -0.25) is 4.79 Å². The number of nitrogens with zero attached hydrogens (tertiary/aromatic N) is 1. The topological polar surface area (TPSA) is 40.5 Å². The van der Waals surface area contributed by atoms with E-state index in [2.05, 4.69) is 0 Å². The minimum absolute atomic E-state index is 0.206. The van der Waals surface area contributed by atoms with Crippen LogP contribution < -0.4 is 15.0 Å². The summed E-state index contributed by atoms with van der Waals surface area (Å²) in [6, 6.07) is 13.7. The highest BCUT2D eigenvalue weighted by atomic mass is 19.1. The highest BCUT2D eigenvalue weighted by Crippen LogP contribution is 2.26. The smallest absolute Gasteiger partial charge is 0.197 e. The van der Waals surface area contributed by atoms with Crippen molar-refractivity contribution >= 4 is 0 Å². The molecule has 0 spiro atoms. The molecule has 3 aromatic rings. The Hall–Kier alpha value is -3.08. The zero-order valence-electron chi connectivity index (χ0n) is 14.0. The number of aromatic nitrogens is 1. The van der Waals surface area contributed by atoms with Gasteiger partial charge in [-0.2, -0.15) is 4.73 Å². The van der Waals surface area contributed by atoms with Crippen molar-refractivity contribution in [1.82, 2.24) is 4.73 Å². The number of hydrogen-bond donors (Lipinski definition) is 0. The Kier molecular flexibility index (Phi) is 4.84. The Morgan fingerprint density at radius 2 is 1.72 bits per heavy atom. The maximum Gasteiger partial charge on any atom is 0.197 e. The zero-order chi connectivity index (χ0) is 17.8. The number of rotatable bonds is 5. The van der Waals surface area contributed by atoms with Crippen molar-refractivity contribution in [3.8, 4) is 28.0 Å². The van der Waals surface area contributed by atoms with Crippen LogP contribution in [0.3, 0.4) is 0 Å². The van der Waals surface area contributed by atoms with Crippen molar-refractivity contribution in [3.63, 3.8) is 0 Å². The van der Waals surface area contributed by atoms with Crippen molar-refractivity contribution < 1.29 is 14.0 Å². The second-order valence-corrected chi connectivity index (χ2v) is 5.40. The molecule has 0 amide bonds. The molecule has 0 unspecified atom stereocenters. The number of ether oxygens (including phenoxy) is 1. The lowest BCUT2D eigenvalue weighted by Gasteiger charge is -2.12. The van der Waals surface area contributed by atoms with Gasteiger partial charge in [-0.15, -0.1) is 0 Å². The van der Waals surface area contributed by atoms with Crippen LogP contribution in [0.2, 0.25) is 0 Å². The molecule has 0 saturated carbocycles. The summed E-state index contributed by atoms with van der Waals surface area (Å²) in [6.45, 7) is 2.27. The molecule has 3 rings (SSSR count). The van der Waals surface area contributed by atoms with Crippen molar-refractivity contribution in [2.24, 2.45) is 0 Å². The number of benzene rings is 2. The van der Waals surface area contributed by atoms with E-state index in [1.165, 1.54) is 24.1 Å². The third kappa shape index (κ3) is 3.40. The average Bonchev–Trinajstić information content (AvgIpc) is 2.63. The molecule has 2 aromatic carbocycles. The van der Waals surface area contributed by atoms with Crippen LogP contribution in [0.4, 0.5) is 4.39 Å².